The maximum Gasteiger partial charge on any atom is 0.251 e. The highest BCUT2D eigenvalue weighted by atomic mass is 32.2. The number of nitrogens with one attached hydrogen (secondary N) is 2. The molecule has 0 aliphatic heterocycles. The van der Waals surface area contributed by atoms with Crippen LogP contribution in [0.2, 0.25) is 0 Å². The molecule has 1 aliphatic rings. The Morgan fingerprint density at radius 3 is 2.33 bits per heavy atom. The number of amides is 1. The number of nitrogens with zero attached hydrogens (tertiary/aromatic N) is 1. The summed E-state index contributed by atoms with van der Waals surface area (Å²) in [6.07, 6.45) is 5.18. The van der Waals surface area contributed by atoms with Crippen molar-refractivity contribution in [2.45, 2.75) is 43.0 Å². The molecule has 1 aliphatic carbocycles. The lowest BCUT2D eigenvalue weighted by Crippen LogP contribution is -2.38. The summed E-state index contributed by atoms with van der Waals surface area (Å²) in [6.45, 7) is 1.21. The van der Waals surface area contributed by atoms with Crippen molar-refractivity contribution in [2.24, 2.45) is 0 Å². The standard InChI is InChI=1S/C17H27N3O3S/c1-18-12-13-19-17(21)14-8-10-16(11-9-14)24(22,23)20(2)15-6-4-3-5-7-15/h8-11,15,18H,3-7,12-13H2,1-2H3,(H,19,21). The maximum absolute atomic E-state index is 12.7. The zero-order valence-corrected chi connectivity index (χ0v) is 15.2. The zero-order chi connectivity index (χ0) is 17.6. The van der Waals surface area contributed by atoms with E-state index in [1.165, 1.54) is 22.9 Å². The van der Waals surface area contributed by atoms with Gasteiger partial charge in [0.05, 0.1) is 4.90 Å². The second-order valence-electron chi connectivity index (χ2n) is 6.20. The third kappa shape index (κ3) is 4.55. The number of sulfonamides is 1. The number of benzene rings is 1. The molecule has 0 spiro atoms. The zero-order valence-electron chi connectivity index (χ0n) is 14.4. The summed E-state index contributed by atoms with van der Waals surface area (Å²) in [5.41, 5.74) is 0.463. The SMILES string of the molecule is CNCCNC(=O)c1ccc(S(=O)(=O)N(C)C2CCCCC2)cc1. The fourth-order valence-corrected chi connectivity index (χ4v) is 4.40. The van der Waals surface area contributed by atoms with Crippen molar-refractivity contribution in [3.05, 3.63) is 29.8 Å². The molecule has 24 heavy (non-hydrogen) atoms. The lowest BCUT2D eigenvalue weighted by Gasteiger charge is -2.30. The van der Waals surface area contributed by atoms with Gasteiger partial charge in [-0.05, 0) is 44.2 Å². The molecule has 2 N–H and O–H groups in total. The largest absolute Gasteiger partial charge is 0.351 e. The molecule has 0 heterocycles. The van der Waals surface area contributed by atoms with Crippen LogP contribution >= 0.6 is 0 Å². The van der Waals surface area contributed by atoms with Gasteiger partial charge in [0.2, 0.25) is 10.0 Å². The molecule has 1 aromatic carbocycles. The quantitative estimate of drug-likeness (QED) is 0.730. The third-order valence-corrected chi connectivity index (χ3v) is 6.47. The average Bonchev–Trinajstić information content (AvgIpc) is 2.62. The summed E-state index contributed by atoms with van der Waals surface area (Å²) in [7, 11) is -0.0398. The Labute approximate surface area is 144 Å². The van der Waals surface area contributed by atoms with E-state index in [4.69, 9.17) is 0 Å². The fraction of sp³-hybridized carbons (Fsp3) is 0.588. The highest BCUT2D eigenvalue weighted by molar-refractivity contribution is 7.89. The van der Waals surface area contributed by atoms with Crippen LogP contribution in [0, 0.1) is 0 Å². The van der Waals surface area contributed by atoms with Crippen molar-refractivity contribution < 1.29 is 13.2 Å². The van der Waals surface area contributed by atoms with E-state index in [0.717, 1.165) is 25.7 Å². The molecular weight excluding hydrogens is 326 g/mol. The Bertz CT molecular complexity index is 638. The van der Waals surface area contributed by atoms with Gasteiger partial charge < -0.3 is 10.6 Å². The summed E-state index contributed by atoms with van der Waals surface area (Å²) in [4.78, 5) is 12.2. The minimum atomic E-state index is -3.51. The first kappa shape index (κ1) is 18.9. The molecule has 6 nitrogen and oxygen atoms in total. The van der Waals surface area contributed by atoms with Crippen LogP contribution in [0.1, 0.15) is 42.5 Å². The molecule has 0 aromatic heterocycles. The minimum Gasteiger partial charge on any atom is -0.351 e. The van der Waals surface area contributed by atoms with Crippen LogP contribution in [0.5, 0.6) is 0 Å². The van der Waals surface area contributed by atoms with Crippen molar-refractivity contribution in [1.82, 2.24) is 14.9 Å². The molecule has 0 atom stereocenters. The van der Waals surface area contributed by atoms with Gasteiger partial charge in [-0.1, -0.05) is 19.3 Å². The molecule has 1 fully saturated rings. The second-order valence-corrected chi connectivity index (χ2v) is 8.19. The lowest BCUT2D eigenvalue weighted by atomic mass is 9.96. The van der Waals surface area contributed by atoms with Gasteiger partial charge in [0.15, 0.2) is 0 Å². The first-order valence-corrected chi connectivity index (χ1v) is 9.91. The van der Waals surface area contributed by atoms with Gasteiger partial charge in [0, 0.05) is 31.7 Å². The van der Waals surface area contributed by atoms with Crippen LogP contribution in [-0.2, 0) is 10.0 Å². The summed E-state index contributed by atoms with van der Waals surface area (Å²) < 4.78 is 27.0. The van der Waals surface area contributed by atoms with E-state index in [1.54, 1.807) is 19.2 Å². The first-order valence-electron chi connectivity index (χ1n) is 8.47. The maximum atomic E-state index is 12.7. The highest BCUT2D eigenvalue weighted by Crippen LogP contribution is 2.26. The van der Waals surface area contributed by atoms with Crippen molar-refractivity contribution >= 4 is 15.9 Å². The molecule has 1 amide bonds. The smallest absolute Gasteiger partial charge is 0.251 e. The molecule has 7 heteroatoms. The van der Waals surface area contributed by atoms with Crippen molar-refractivity contribution in [3.8, 4) is 0 Å². The van der Waals surface area contributed by atoms with Gasteiger partial charge >= 0.3 is 0 Å². The van der Waals surface area contributed by atoms with Crippen LogP contribution in [-0.4, -0.2) is 51.9 Å². The van der Waals surface area contributed by atoms with E-state index in [9.17, 15) is 13.2 Å². The van der Waals surface area contributed by atoms with E-state index in [1.807, 2.05) is 7.05 Å². The van der Waals surface area contributed by atoms with Crippen LogP contribution < -0.4 is 10.6 Å². The molecule has 1 saturated carbocycles. The molecule has 134 valence electrons. The normalized spacial score (nSPS) is 16.3. The van der Waals surface area contributed by atoms with E-state index in [-0.39, 0.29) is 16.8 Å². The summed E-state index contributed by atoms with van der Waals surface area (Å²) in [5.74, 6) is -0.199. The second kappa shape index (κ2) is 8.60. The first-order chi connectivity index (χ1) is 11.5. The minimum absolute atomic E-state index is 0.0771. The van der Waals surface area contributed by atoms with Gasteiger partial charge in [-0.2, -0.15) is 4.31 Å². The van der Waals surface area contributed by atoms with Crippen molar-refractivity contribution in [1.29, 1.82) is 0 Å². The number of carbonyl (C=O) groups excluding carboxylic acids is 1. The Morgan fingerprint density at radius 2 is 1.75 bits per heavy atom. The number of rotatable bonds is 7. The number of carbonyl (C=O) groups is 1. The summed E-state index contributed by atoms with van der Waals surface area (Å²) in [5, 5.41) is 5.72. The molecule has 0 radical (unpaired) electrons. The molecule has 0 unspecified atom stereocenters. The van der Waals surface area contributed by atoms with Gasteiger partial charge in [0.25, 0.3) is 5.91 Å². The molecule has 2 rings (SSSR count). The van der Waals surface area contributed by atoms with Gasteiger partial charge in [-0.15, -0.1) is 0 Å². The third-order valence-electron chi connectivity index (χ3n) is 4.54. The fourth-order valence-electron chi connectivity index (χ4n) is 2.99. The predicted molar refractivity (Wildman–Crippen MR) is 94.5 cm³/mol. The van der Waals surface area contributed by atoms with Crippen LogP contribution in [0.3, 0.4) is 0 Å². The van der Waals surface area contributed by atoms with Crippen molar-refractivity contribution in [3.63, 3.8) is 0 Å². The summed E-state index contributed by atoms with van der Waals surface area (Å²) in [6, 6.07) is 6.24. The Balaban J connectivity index is 2.06. The van der Waals surface area contributed by atoms with Gasteiger partial charge in [-0.3, -0.25) is 4.79 Å². The Hall–Kier alpha value is -1.44. The van der Waals surface area contributed by atoms with Crippen LogP contribution in [0.4, 0.5) is 0 Å². The highest BCUT2D eigenvalue weighted by Gasteiger charge is 2.29. The molecule has 0 bridgehead atoms. The Morgan fingerprint density at radius 1 is 1.12 bits per heavy atom. The van der Waals surface area contributed by atoms with E-state index in [2.05, 4.69) is 10.6 Å². The number of hydrogen-bond acceptors (Lipinski definition) is 4. The van der Waals surface area contributed by atoms with Gasteiger partial charge in [0.1, 0.15) is 0 Å². The molecular formula is C17H27N3O3S. The predicted octanol–water partition coefficient (Wildman–Crippen LogP) is 1.59. The van der Waals surface area contributed by atoms with E-state index < -0.39 is 10.0 Å². The van der Waals surface area contributed by atoms with Crippen LogP contribution in [0.25, 0.3) is 0 Å². The van der Waals surface area contributed by atoms with E-state index in [0.29, 0.717) is 18.7 Å². The number of hydrogen-bond donors (Lipinski definition) is 2. The van der Waals surface area contributed by atoms with Crippen LogP contribution in [0.15, 0.2) is 29.2 Å². The topological polar surface area (TPSA) is 78.5 Å². The van der Waals surface area contributed by atoms with Crippen molar-refractivity contribution in [2.75, 3.05) is 27.2 Å². The molecule has 1 aromatic rings. The number of likely N-dealkylation sites (N-methyl/N-ethyl adjacent to an activating group) is 1. The monoisotopic (exact) mass is 353 g/mol. The lowest BCUT2D eigenvalue weighted by molar-refractivity contribution is 0.0954. The molecule has 0 saturated heterocycles. The Kier molecular flexibility index (Phi) is 6.77. The van der Waals surface area contributed by atoms with E-state index >= 15 is 0 Å². The van der Waals surface area contributed by atoms with Gasteiger partial charge in [-0.25, -0.2) is 8.42 Å². The average molecular weight is 353 g/mol. The summed E-state index contributed by atoms with van der Waals surface area (Å²) >= 11 is 0.